The Morgan fingerprint density at radius 1 is 1.19 bits per heavy atom. The van der Waals surface area contributed by atoms with Crippen LogP contribution in [0.1, 0.15) is 42.2 Å². The molecule has 1 amide bonds. The Balaban J connectivity index is 2.18. The first-order valence-electron chi connectivity index (χ1n) is 9.42. The molecule has 10 heteroatoms. The lowest BCUT2D eigenvalue weighted by atomic mass is 10.1. The molecule has 1 unspecified atom stereocenters. The molecule has 31 heavy (non-hydrogen) atoms. The molecule has 1 atom stereocenters. The molecule has 164 valence electrons. The molecule has 3 rings (SSSR count). The van der Waals surface area contributed by atoms with Crippen molar-refractivity contribution < 1.29 is 32.6 Å². The number of alkyl halides is 3. The highest BCUT2D eigenvalue weighted by molar-refractivity contribution is 7.16. The van der Waals surface area contributed by atoms with Gasteiger partial charge in [-0.1, -0.05) is 24.3 Å². The Hall–Kier alpha value is -3.14. The molecule has 2 aromatic carbocycles. The van der Waals surface area contributed by atoms with E-state index in [0.717, 1.165) is 29.5 Å². The van der Waals surface area contributed by atoms with Crippen molar-refractivity contribution in [2.24, 2.45) is 4.99 Å². The van der Waals surface area contributed by atoms with Gasteiger partial charge in [0.15, 0.2) is 4.80 Å². The highest BCUT2D eigenvalue weighted by Gasteiger charge is 2.31. The second-order valence-electron chi connectivity index (χ2n) is 6.57. The van der Waals surface area contributed by atoms with Gasteiger partial charge in [0.2, 0.25) is 0 Å². The SMILES string of the molecule is CCOc1ccc2c(c1)sc(=NC(=O)c1cccc(C(F)(F)F)c1)n2C(CC)C(=O)O. The van der Waals surface area contributed by atoms with E-state index < -0.39 is 29.7 Å². The third-order valence-electron chi connectivity index (χ3n) is 4.53. The van der Waals surface area contributed by atoms with Crippen LogP contribution >= 0.6 is 11.3 Å². The third-order valence-corrected chi connectivity index (χ3v) is 5.54. The van der Waals surface area contributed by atoms with Crippen molar-refractivity contribution in [1.29, 1.82) is 0 Å². The number of amides is 1. The maximum atomic E-state index is 13.0. The summed E-state index contributed by atoms with van der Waals surface area (Å²) in [5.41, 5.74) is -0.661. The number of carbonyl (C=O) groups is 2. The van der Waals surface area contributed by atoms with Gasteiger partial charge in [-0.05, 0) is 49.7 Å². The van der Waals surface area contributed by atoms with Gasteiger partial charge >= 0.3 is 12.1 Å². The van der Waals surface area contributed by atoms with E-state index in [1.165, 1.54) is 10.6 Å². The topological polar surface area (TPSA) is 80.9 Å². The van der Waals surface area contributed by atoms with Crippen LogP contribution in [-0.4, -0.2) is 28.2 Å². The Labute approximate surface area is 179 Å². The van der Waals surface area contributed by atoms with Crippen LogP contribution in [0.2, 0.25) is 0 Å². The van der Waals surface area contributed by atoms with Gasteiger partial charge in [0.25, 0.3) is 5.91 Å². The average Bonchev–Trinajstić information content (AvgIpc) is 3.05. The minimum atomic E-state index is -4.60. The minimum Gasteiger partial charge on any atom is -0.494 e. The number of carbonyl (C=O) groups excluding carboxylic acids is 1. The van der Waals surface area contributed by atoms with Gasteiger partial charge < -0.3 is 14.4 Å². The van der Waals surface area contributed by atoms with Gasteiger partial charge in [-0.3, -0.25) is 4.79 Å². The third kappa shape index (κ3) is 4.79. The molecule has 3 aromatic rings. The molecule has 0 aliphatic rings. The summed E-state index contributed by atoms with van der Waals surface area (Å²) in [4.78, 5) is 28.5. The average molecular weight is 452 g/mol. The monoisotopic (exact) mass is 452 g/mol. The predicted octanol–water partition coefficient (Wildman–Crippen LogP) is 4.90. The highest BCUT2D eigenvalue weighted by Crippen LogP contribution is 2.30. The first kappa shape index (κ1) is 22.5. The van der Waals surface area contributed by atoms with Gasteiger partial charge in [-0.2, -0.15) is 18.2 Å². The molecule has 0 saturated carbocycles. The highest BCUT2D eigenvalue weighted by atomic mass is 32.1. The molecule has 0 aliphatic heterocycles. The maximum Gasteiger partial charge on any atom is 0.416 e. The first-order chi connectivity index (χ1) is 14.7. The lowest BCUT2D eigenvalue weighted by molar-refractivity contribution is -0.141. The number of thiazole rings is 1. The molecule has 1 aromatic heterocycles. The largest absolute Gasteiger partial charge is 0.494 e. The number of carboxylic acid groups (broad SMARTS) is 1. The van der Waals surface area contributed by atoms with Crippen molar-refractivity contribution >= 4 is 33.4 Å². The summed E-state index contributed by atoms with van der Waals surface area (Å²) in [6.45, 7) is 3.95. The van der Waals surface area contributed by atoms with Crippen molar-refractivity contribution in [2.75, 3.05) is 6.61 Å². The zero-order chi connectivity index (χ0) is 22.8. The Kier molecular flexibility index (Phi) is 6.49. The zero-order valence-electron chi connectivity index (χ0n) is 16.6. The zero-order valence-corrected chi connectivity index (χ0v) is 17.5. The van der Waals surface area contributed by atoms with Gasteiger partial charge in [0.1, 0.15) is 11.8 Å². The number of carboxylic acids is 1. The van der Waals surface area contributed by atoms with Crippen molar-refractivity contribution in [3.63, 3.8) is 0 Å². The molecule has 1 N–H and O–H groups in total. The fraction of sp³-hybridized carbons (Fsp3) is 0.286. The number of ether oxygens (including phenoxy) is 1. The van der Waals surface area contributed by atoms with E-state index in [4.69, 9.17) is 4.74 Å². The van der Waals surface area contributed by atoms with E-state index in [9.17, 15) is 27.9 Å². The number of aliphatic carboxylic acids is 1. The fourth-order valence-electron chi connectivity index (χ4n) is 3.11. The number of hydrogen-bond donors (Lipinski definition) is 1. The summed E-state index contributed by atoms with van der Waals surface area (Å²) < 4.78 is 46.5. The molecule has 0 saturated heterocycles. The van der Waals surface area contributed by atoms with Crippen molar-refractivity contribution in [3.05, 3.63) is 58.4 Å². The molecule has 0 bridgehead atoms. The smallest absolute Gasteiger partial charge is 0.416 e. The number of nitrogens with zero attached hydrogens (tertiary/aromatic N) is 2. The maximum absolute atomic E-state index is 13.0. The lowest BCUT2D eigenvalue weighted by Crippen LogP contribution is -2.27. The van der Waals surface area contributed by atoms with E-state index in [1.54, 1.807) is 25.1 Å². The number of aromatic nitrogens is 1. The summed E-state index contributed by atoms with van der Waals surface area (Å²) in [7, 11) is 0. The summed E-state index contributed by atoms with van der Waals surface area (Å²) in [5, 5.41) is 9.65. The molecule has 0 fully saturated rings. The Bertz CT molecular complexity index is 1200. The van der Waals surface area contributed by atoms with Crippen molar-refractivity contribution in [3.8, 4) is 5.75 Å². The summed E-state index contributed by atoms with van der Waals surface area (Å²) in [6, 6.07) is 8.03. The molecule has 6 nitrogen and oxygen atoms in total. The van der Waals surface area contributed by atoms with Crippen LogP contribution in [-0.2, 0) is 11.0 Å². The number of benzene rings is 2. The second-order valence-corrected chi connectivity index (χ2v) is 7.58. The van der Waals surface area contributed by atoms with E-state index in [1.807, 2.05) is 6.92 Å². The minimum absolute atomic E-state index is 0.0836. The van der Waals surface area contributed by atoms with E-state index in [2.05, 4.69) is 4.99 Å². The van der Waals surface area contributed by atoms with E-state index in [0.29, 0.717) is 22.6 Å². The molecule has 0 aliphatic carbocycles. The molecule has 0 spiro atoms. The standard InChI is InChI=1S/C21H19F3N2O4S/c1-3-15(19(28)29)26-16-9-8-14(30-4-2)11-17(16)31-20(26)25-18(27)12-6-5-7-13(10-12)21(22,23)24/h5-11,15H,3-4H2,1-2H3,(H,28,29). The van der Waals surface area contributed by atoms with Crippen LogP contribution in [0.4, 0.5) is 13.2 Å². The number of fused-ring (bicyclic) bond motifs is 1. The van der Waals surface area contributed by atoms with Crippen LogP contribution in [0.5, 0.6) is 5.75 Å². The fourth-order valence-corrected chi connectivity index (χ4v) is 4.20. The van der Waals surface area contributed by atoms with Crippen LogP contribution < -0.4 is 9.54 Å². The second kappa shape index (κ2) is 8.93. The summed E-state index contributed by atoms with van der Waals surface area (Å²) in [6.07, 6.45) is -4.38. The van der Waals surface area contributed by atoms with E-state index >= 15 is 0 Å². The normalized spacial score (nSPS) is 13.4. The van der Waals surface area contributed by atoms with Gasteiger partial charge in [0, 0.05) is 5.56 Å². The van der Waals surface area contributed by atoms with Crippen LogP contribution in [0.3, 0.4) is 0 Å². The number of hydrogen-bond acceptors (Lipinski definition) is 4. The van der Waals surface area contributed by atoms with Gasteiger partial charge in [-0.15, -0.1) is 0 Å². The molecular weight excluding hydrogens is 433 g/mol. The lowest BCUT2D eigenvalue weighted by Gasteiger charge is -2.13. The Morgan fingerprint density at radius 3 is 2.55 bits per heavy atom. The number of halogens is 3. The van der Waals surface area contributed by atoms with Gasteiger partial charge in [-0.25, -0.2) is 4.79 Å². The van der Waals surface area contributed by atoms with Crippen molar-refractivity contribution in [2.45, 2.75) is 32.5 Å². The Morgan fingerprint density at radius 2 is 1.94 bits per heavy atom. The van der Waals surface area contributed by atoms with Crippen molar-refractivity contribution in [1.82, 2.24) is 4.57 Å². The quantitative estimate of drug-likeness (QED) is 0.577. The first-order valence-corrected chi connectivity index (χ1v) is 10.2. The summed E-state index contributed by atoms with van der Waals surface area (Å²) in [5.74, 6) is -1.43. The van der Waals surface area contributed by atoms with Crippen LogP contribution in [0, 0.1) is 0 Å². The predicted molar refractivity (Wildman–Crippen MR) is 109 cm³/mol. The van der Waals surface area contributed by atoms with Gasteiger partial charge in [0.05, 0.1) is 22.4 Å². The van der Waals surface area contributed by atoms with Crippen LogP contribution in [0.25, 0.3) is 10.2 Å². The van der Waals surface area contributed by atoms with E-state index in [-0.39, 0.29) is 16.8 Å². The molecular formula is C21H19F3N2O4S. The number of rotatable bonds is 6. The molecule has 0 radical (unpaired) electrons. The van der Waals surface area contributed by atoms with Crippen LogP contribution in [0.15, 0.2) is 47.5 Å². The molecule has 1 heterocycles. The summed E-state index contributed by atoms with van der Waals surface area (Å²) >= 11 is 1.07.